The lowest BCUT2D eigenvalue weighted by molar-refractivity contribution is 0.793. The van der Waals surface area contributed by atoms with Crippen molar-refractivity contribution in [2.75, 3.05) is 4.90 Å². The summed E-state index contributed by atoms with van der Waals surface area (Å²) in [6.45, 7) is 0. The average Bonchev–Trinajstić information content (AvgIpc) is 3.93. The maximum atomic E-state index is 2.49. The minimum absolute atomic E-state index is 0.483. The predicted molar refractivity (Wildman–Crippen MR) is 250 cm³/mol. The Morgan fingerprint density at radius 2 is 0.733 bits per heavy atom. The summed E-state index contributed by atoms with van der Waals surface area (Å²) in [4.78, 5) is 2.49. The van der Waals surface area contributed by atoms with E-state index in [1.54, 1.807) is 0 Å². The van der Waals surface area contributed by atoms with Crippen molar-refractivity contribution in [2.45, 2.75) is 5.41 Å². The Morgan fingerprint density at radius 1 is 0.283 bits per heavy atom. The molecule has 0 radical (unpaired) electrons. The molecule has 0 bridgehead atoms. The second kappa shape index (κ2) is 12.6. The second-order valence-electron chi connectivity index (χ2n) is 16.4. The molecule has 0 amide bonds. The van der Waals surface area contributed by atoms with Gasteiger partial charge in [0.1, 0.15) is 0 Å². The second-order valence-corrected chi connectivity index (χ2v) is 16.4. The molecule has 0 fully saturated rings. The number of hydrogen-bond acceptors (Lipinski definition) is 1. The van der Waals surface area contributed by atoms with Crippen molar-refractivity contribution in [1.29, 1.82) is 0 Å². The summed E-state index contributed by atoms with van der Waals surface area (Å²) in [6, 6.07) is 83.5. The van der Waals surface area contributed by atoms with Crippen molar-refractivity contribution < 1.29 is 0 Å². The SMILES string of the molecule is c1ccc(-c2ccc(N(c3ccc(-c4ccc5c(c4)-c4cccc6cccc-5c46)cc3)c3cccc4c3C3(c5ccccc5-c5ccccc53)c3ccccc3-4)cc2)cc1. The van der Waals surface area contributed by atoms with Gasteiger partial charge in [0.15, 0.2) is 0 Å². The monoisotopic (exact) mass is 759 g/mol. The van der Waals surface area contributed by atoms with E-state index in [4.69, 9.17) is 0 Å². The van der Waals surface area contributed by atoms with Gasteiger partial charge < -0.3 is 4.90 Å². The summed E-state index contributed by atoms with van der Waals surface area (Å²) in [5.41, 5.74) is 23.6. The van der Waals surface area contributed by atoms with Gasteiger partial charge >= 0.3 is 0 Å². The smallest absolute Gasteiger partial charge is 0.0746 e. The number of nitrogens with zero attached hydrogens (tertiary/aromatic N) is 1. The van der Waals surface area contributed by atoms with Crippen LogP contribution in [0.4, 0.5) is 17.1 Å². The molecule has 1 nitrogen and oxygen atoms in total. The molecule has 10 aromatic carbocycles. The van der Waals surface area contributed by atoms with E-state index < -0.39 is 5.41 Å². The number of rotatable bonds is 5. The van der Waals surface area contributed by atoms with Gasteiger partial charge in [-0.25, -0.2) is 0 Å². The van der Waals surface area contributed by atoms with Crippen LogP contribution in [0.3, 0.4) is 0 Å². The van der Waals surface area contributed by atoms with Crippen molar-refractivity contribution in [3.05, 3.63) is 247 Å². The Labute approximate surface area is 350 Å². The third kappa shape index (κ3) is 4.52. The molecule has 0 atom stereocenters. The molecule has 0 aliphatic heterocycles. The molecular weight excluding hydrogens is 723 g/mol. The van der Waals surface area contributed by atoms with E-state index in [1.165, 1.54) is 105 Å². The highest BCUT2D eigenvalue weighted by atomic mass is 15.1. The zero-order chi connectivity index (χ0) is 39.4. The number of hydrogen-bond donors (Lipinski definition) is 0. The molecule has 13 rings (SSSR count). The largest absolute Gasteiger partial charge is 0.310 e. The molecular formula is C59H37N. The van der Waals surface area contributed by atoms with Crippen molar-refractivity contribution in [1.82, 2.24) is 0 Å². The quantitative estimate of drug-likeness (QED) is 0.169. The Hall–Kier alpha value is -7.74. The average molecular weight is 760 g/mol. The molecule has 60 heavy (non-hydrogen) atoms. The molecule has 0 N–H and O–H groups in total. The van der Waals surface area contributed by atoms with Crippen LogP contribution in [0.15, 0.2) is 224 Å². The molecule has 1 spiro atoms. The van der Waals surface area contributed by atoms with Crippen LogP contribution in [0.25, 0.3) is 77.5 Å². The first kappa shape index (κ1) is 33.3. The standard InChI is InChI=1S/C59H37N/c1-2-13-38(14-3-1)39-27-32-43(33-28-39)60(44-34-29-40(30-35-44)42-31-36-45-49-20-10-15-41-16-11-21-50(57(41)49)52(45)37-42)56-26-12-22-51-48-19-6-9-25-55(48)59(58(51)56)53-23-7-4-17-46(53)47-18-5-8-24-54(47)59/h1-37H. The minimum Gasteiger partial charge on any atom is -0.310 e. The summed E-state index contributed by atoms with van der Waals surface area (Å²) in [5, 5.41) is 2.66. The Kier molecular flexibility index (Phi) is 7.00. The topological polar surface area (TPSA) is 3.24 Å². The third-order valence-corrected chi connectivity index (χ3v) is 13.4. The van der Waals surface area contributed by atoms with Gasteiger partial charge in [0, 0.05) is 16.9 Å². The molecule has 0 saturated heterocycles. The van der Waals surface area contributed by atoms with Crippen LogP contribution >= 0.6 is 0 Å². The van der Waals surface area contributed by atoms with Gasteiger partial charge in [-0.05, 0) is 131 Å². The van der Waals surface area contributed by atoms with Gasteiger partial charge in [0.2, 0.25) is 0 Å². The highest BCUT2D eigenvalue weighted by molar-refractivity contribution is 6.15. The van der Waals surface area contributed by atoms with Gasteiger partial charge in [-0.2, -0.15) is 0 Å². The first-order valence-corrected chi connectivity index (χ1v) is 20.9. The molecule has 3 aliphatic carbocycles. The van der Waals surface area contributed by atoms with Crippen molar-refractivity contribution in [3.8, 4) is 66.8 Å². The summed E-state index contributed by atoms with van der Waals surface area (Å²) >= 11 is 0. The maximum absolute atomic E-state index is 2.49. The predicted octanol–water partition coefficient (Wildman–Crippen LogP) is 15.6. The van der Waals surface area contributed by atoms with E-state index in [2.05, 4.69) is 229 Å². The van der Waals surface area contributed by atoms with Crippen LogP contribution in [0.5, 0.6) is 0 Å². The normalized spacial score (nSPS) is 13.1. The summed E-state index contributed by atoms with van der Waals surface area (Å²) in [5.74, 6) is 0. The van der Waals surface area contributed by atoms with E-state index >= 15 is 0 Å². The minimum atomic E-state index is -0.483. The van der Waals surface area contributed by atoms with E-state index in [0.29, 0.717) is 0 Å². The molecule has 0 saturated carbocycles. The molecule has 0 heterocycles. The summed E-state index contributed by atoms with van der Waals surface area (Å²) in [6.07, 6.45) is 0. The number of fused-ring (bicyclic) bond motifs is 13. The molecule has 3 aliphatic rings. The molecule has 0 aromatic heterocycles. The maximum Gasteiger partial charge on any atom is 0.0746 e. The van der Waals surface area contributed by atoms with Gasteiger partial charge in [-0.1, -0.05) is 188 Å². The lowest BCUT2D eigenvalue weighted by atomic mass is 9.70. The van der Waals surface area contributed by atoms with Crippen LogP contribution in [0, 0.1) is 0 Å². The summed E-state index contributed by atoms with van der Waals surface area (Å²) < 4.78 is 0. The van der Waals surface area contributed by atoms with E-state index in [-0.39, 0.29) is 0 Å². The Morgan fingerprint density at radius 3 is 1.35 bits per heavy atom. The fourth-order valence-corrected chi connectivity index (χ4v) is 11.0. The van der Waals surface area contributed by atoms with Gasteiger partial charge in [-0.15, -0.1) is 0 Å². The zero-order valence-electron chi connectivity index (χ0n) is 32.8. The van der Waals surface area contributed by atoms with Crippen molar-refractivity contribution >= 4 is 27.8 Å². The molecule has 1 heteroatoms. The Balaban J connectivity index is 1.01. The fraction of sp³-hybridized carbons (Fsp3) is 0.0169. The van der Waals surface area contributed by atoms with Crippen LogP contribution in [0.1, 0.15) is 22.3 Å². The molecule has 0 unspecified atom stereocenters. The van der Waals surface area contributed by atoms with Crippen LogP contribution in [-0.4, -0.2) is 0 Å². The molecule has 10 aromatic rings. The lowest BCUT2D eigenvalue weighted by Gasteiger charge is -2.36. The first-order valence-electron chi connectivity index (χ1n) is 20.9. The van der Waals surface area contributed by atoms with Crippen LogP contribution in [-0.2, 0) is 5.41 Å². The summed E-state index contributed by atoms with van der Waals surface area (Å²) in [7, 11) is 0. The van der Waals surface area contributed by atoms with Crippen molar-refractivity contribution in [2.24, 2.45) is 0 Å². The van der Waals surface area contributed by atoms with Gasteiger partial charge in [0.05, 0.1) is 11.1 Å². The molecule has 278 valence electrons. The fourth-order valence-electron chi connectivity index (χ4n) is 11.0. The highest BCUT2D eigenvalue weighted by Gasteiger charge is 2.53. The van der Waals surface area contributed by atoms with E-state index in [9.17, 15) is 0 Å². The van der Waals surface area contributed by atoms with E-state index in [1.807, 2.05) is 0 Å². The van der Waals surface area contributed by atoms with Crippen LogP contribution < -0.4 is 4.90 Å². The first-order chi connectivity index (χ1) is 29.8. The van der Waals surface area contributed by atoms with Gasteiger partial charge in [0.25, 0.3) is 0 Å². The Bertz CT molecular complexity index is 3290. The van der Waals surface area contributed by atoms with E-state index in [0.717, 1.165) is 11.4 Å². The third-order valence-electron chi connectivity index (χ3n) is 13.4. The lowest BCUT2D eigenvalue weighted by Crippen LogP contribution is -2.28. The number of anilines is 3. The van der Waals surface area contributed by atoms with Crippen molar-refractivity contribution in [3.63, 3.8) is 0 Å². The van der Waals surface area contributed by atoms with Crippen LogP contribution in [0.2, 0.25) is 0 Å². The van der Waals surface area contributed by atoms with Gasteiger partial charge in [-0.3, -0.25) is 0 Å². The number of benzene rings is 10. The highest BCUT2D eigenvalue weighted by Crippen LogP contribution is 2.65. The zero-order valence-corrected chi connectivity index (χ0v) is 32.8.